The van der Waals surface area contributed by atoms with Crippen molar-refractivity contribution in [3.05, 3.63) is 59.7 Å². The lowest BCUT2D eigenvalue weighted by molar-refractivity contribution is 0.129. The minimum absolute atomic E-state index is 0.0119. The summed E-state index contributed by atoms with van der Waals surface area (Å²) in [7, 11) is 0. The zero-order chi connectivity index (χ0) is 17.7. The van der Waals surface area contributed by atoms with Crippen molar-refractivity contribution in [3.8, 4) is 11.5 Å². The van der Waals surface area contributed by atoms with Gasteiger partial charge < -0.3 is 14.6 Å². The summed E-state index contributed by atoms with van der Waals surface area (Å²) in [5.74, 6) is 1.67. The van der Waals surface area contributed by atoms with E-state index in [9.17, 15) is 0 Å². The van der Waals surface area contributed by atoms with E-state index in [0.29, 0.717) is 0 Å². The molecule has 2 aromatic rings. The van der Waals surface area contributed by atoms with Gasteiger partial charge in [0.15, 0.2) is 0 Å². The third-order valence-electron chi connectivity index (χ3n) is 4.12. The van der Waals surface area contributed by atoms with Gasteiger partial charge >= 0.3 is 0 Å². The van der Waals surface area contributed by atoms with Crippen molar-refractivity contribution in [2.75, 3.05) is 6.61 Å². The van der Waals surface area contributed by atoms with Crippen LogP contribution in [0.15, 0.2) is 48.5 Å². The van der Waals surface area contributed by atoms with Gasteiger partial charge in [0.05, 0.1) is 12.7 Å². The Balaban J connectivity index is 2.16. The summed E-state index contributed by atoms with van der Waals surface area (Å²) >= 11 is 0. The highest BCUT2D eigenvalue weighted by molar-refractivity contribution is 5.41. The monoisotopic (exact) mass is 328 g/mol. The largest absolute Gasteiger partial charge is 0.491 e. The Morgan fingerprint density at radius 2 is 1.21 bits per heavy atom. The van der Waals surface area contributed by atoms with E-state index in [1.54, 1.807) is 0 Å². The van der Waals surface area contributed by atoms with Gasteiger partial charge in [0, 0.05) is 5.41 Å². The van der Waals surface area contributed by atoms with Gasteiger partial charge in [-0.3, -0.25) is 0 Å². The number of aliphatic hydroxyl groups is 1. The molecule has 2 rings (SSSR count). The molecule has 3 nitrogen and oxygen atoms in total. The van der Waals surface area contributed by atoms with E-state index in [4.69, 9.17) is 14.6 Å². The Hall–Kier alpha value is -2.00. The second-order valence-corrected chi connectivity index (χ2v) is 6.95. The first-order valence-electron chi connectivity index (χ1n) is 8.48. The molecule has 0 fully saturated rings. The number of hydrogen-bond donors (Lipinski definition) is 1. The highest BCUT2D eigenvalue weighted by Gasteiger charge is 2.23. The summed E-state index contributed by atoms with van der Waals surface area (Å²) in [4.78, 5) is 0. The van der Waals surface area contributed by atoms with Crippen LogP contribution in [0.4, 0.5) is 0 Å². The topological polar surface area (TPSA) is 38.7 Å². The number of hydrogen-bond acceptors (Lipinski definition) is 3. The molecule has 24 heavy (non-hydrogen) atoms. The fraction of sp³-hybridized carbons (Fsp3) is 0.429. The van der Waals surface area contributed by atoms with Gasteiger partial charge in [0.1, 0.15) is 17.6 Å². The predicted molar refractivity (Wildman–Crippen MR) is 98.0 cm³/mol. The molecular weight excluding hydrogens is 300 g/mol. The van der Waals surface area contributed by atoms with E-state index < -0.39 is 0 Å². The average Bonchev–Trinajstić information content (AvgIpc) is 2.55. The maximum atomic E-state index is 9.07. The van der Waals surface area contributed by atoms with Crippen LogP contribution < -0.4 is 9.47 Å². The van der Waals surface area contributed by atoms with Crippen LogP contribution >= 0.6 is 0 Å². The molecule has 0 saturated carbocycles. The Labute approximate surface area is 145 Å². The second-order valence-electron chi connectivity index (χ2n) is 6.95. The molecule has 130 valence electrons. The molecule has 0 aliphatic heterocycles. The third kappa shape index (κ3) is 4.51. The van der Waals surface area contributed by atoms with E-state index >= 15 is 0 Å². The van der Waals surface area contributed by atoms with Crippen LogP contribution in [0.3, 0.4) is 0 Å². The van der Waals surface area contributed by atoms with Crippen molar-refractivity contribution >= 4 is 0 Å². The minimum atomic E-state index is -0.197. The van der Waals surface area contributed by atoms with Crippen molar-refractivity contribution < 1.29 is 14.6 Å². The molecule has 1 atom stereocenters. The van der Waals surface area contributed by atoms with Crippen LogP contribution in [-0.2, 0) is 5.41 Å². The van der Waals surface area contributed by atoms with Crippen molar-refractivity contribution in [1.82, 2.24) is 0 Å². The highest BCUT2D eigenvalue weighted by Crippen LogP contribution is 2.33. The molecule has 0 aromatic heterocycles. The molecule has 0 aliphatic rings. The Morgan fingerprint density at radius 1 is 0.792 bits per heavy atom. The normalized spacial score (nSPS) is 13.0. The fourth-order valence-corrected chi connectivity index (χ4v) is 2.61. The molecule has 0 bridgehead atoms. The van der Waals surface area contributed by atoms with E-state index in [2.05, 4.69) is 38.1 Å². The van der Waals surface area contributed by atoms with Gasteiger partial charge in [0.25, 0.3) is 0 Å². The number of rotatable bonds is 7. The zero-order valence-electron chi connectivity index (χ0n) is 15.2. The molecule has 0 heterocycles. The SMILES string of the molecule is CC(C)Oc1ccc(C(C)(C)c2ccc(OC(C)CO)cc2)cc1. The predicted octanol–water partition coefficient (Wildman–Crippen LogP) is 4.56. The summed E-state index contributed by atoms with van der Waals surface area (Å²) in [6, 6.07) is 16.4. The first-order valence-corrected chi connectivity index (χ1v) is 8.48. The van der Waals surface area contributed by atoms with Crippen molar-refractivity contribution in [3.63, 3.8) is 0 Å². The molecular formula is C21H28O3. The molecule has 0 radical (unpaired) electrons. The lowest BCUT2D eigenvalue weighted by atomic mass is 9.78. The van der Waals surface area contributed by atoms with E-state index in [-0.39, 0.29) is 24.2 Å². The van der Waals surface area contributed by atoms with Crippen LogP contribution in [0.5, 0.6) is 11.5 Å². The summed E-state index contributed by atoms with van der Waals surface area (Å²) in [5.41, 5.74) is 2.33. The molecule has 1 N–H and O–H groups in total. The first kappa shape index (κ1) is 18.3. The van der Waals surface area contributed by atoms with Crippen molar-refractivity contribution in [1.29, 1.82) is 0 Å². The fourth-order valence-electron chi connectivity index (χ4n) is 2.61. The van der Waals surface area contributed by atoms with Crippen LogP contribution in [0.2, 0.25) is 0 Å². The number of aliphatic hydroxyl groups excluding tert-OH is 1. The average molecular weight is 328 g/mol. The van der Waals surface area contributed by atoms with Gasteiger partial charge in [-0.1, -0.05) is 38.1 Å². The summed E-state index contributed by atoms with van der Waals surface area (Å²) in [5, 5.41) is 9.07. The summed E-state index contributed by atoms with van der Waals surface area (Å²) in [6.45, 7) is 10.3. The molecule has 2 aromatic carbocycles. The van der Waals surface area contributed by atoms with Gasteiger partial charge in [0.2, 0.25) is 0 Å². The van der Waals surface area contributed by atoms with Crippen LogP contribution in [0.25, 0.3) is 0 Å². The maximum Gasteiger partial charge on any atom is 0.119 e. The van der Waals surface area contributed by atoms with Crippen molar-refractivity contribution in [2.24, 2.45) is 0 Å². The Kier molecular flexibility index (Phi) is 5.89. The standard InChI is InChI=1S/C21H28O3/c1-15(2)23-19-10-6-17(7-11-19)21(4,5)18-8-12-20(13-9-18)24-16(3)14-22/h6-13,15-16,22H,14H2,1-5H3. The number of benzene rings is 2. The van der Waals surface area contributed by atoms with E-state index in [0.717, 1.165) is 11.5 Å². The van der Waals surface area contributed by atoms with E-state index in [1.807, 2.05) is 45.0 Å². The van der Waals surface area contributed by atoms with E-state index in [1.165, 1.54) is 11.1 Å². The third-order valence-corrected chi connectivity index (χ3v) is 4.12. The molecule has 0 amide bonds. The summed E-state index contributed by atoms with van der Waals surface area (Å²) < 4.78 is 11.3. The molecule has 1 unspecified atom stereocenters. The summed E-state index contributed by atoms with van der Waals surface area (Å²) in [6.07, 6.45) is -0.0184. The molecule has 3 heteroatoms. The van der Waals surface area contributed by atoms with Gasteiger partial charge in [-0.2, -0.15) is 0 Å². The molecule has 0 spiro atoms. The highest BCUT2D eigenvalue weighted by atomic mass is 16.5. The Bertz CT molecular complexity index is 627. The van der Waals surface area contributed by atoms with Crippen LogP contribution in [0, 0.1) is 0 Å². The quantitative estimate of drug-likeness (QED) is 0.810. The maximum absolute atomic E-state index is 9.07. The first-order chi connectivity index (χ1) is 11.3. The second kappa shape index (κ2) is 7.71. The van der Waals surface area contributed by atoms with Gasteiger partial charge in [-0.25, -0.2) is 0 Å². The lowest BCUT2D eigenvalue weighted by Crippen LogP contribution is -2.19. The van der Waals surface area contributed by atoms with Crippen LogP contribution in [0.1, 0.15) is 45.7 Å². The zero-order valence-corrected chi connectivity index (χ0v) is 15.2. The Morgan fingerprint density at radius 3 is 1.58 bits per heavy atom. The van der Waals surface area contributed by atoms with Gasteiger partial charge in [-0.15, -0.1) is 0 Å². The van der Waals surface area contributed by atoms with Gasteiger partial charge in [-0.05, 0) is 56.2 Å². The van der Waals surface area contributed by atoms with Crippen LogP contribution in [-0.4, -0.2) is 23.9 Å². The smallest absolute Gasteiger partial charge is 0.119 e. The minimum Gasteiger partial charge on any atom is -0.491 e. The molecule has 0 aliphatic carbocycles. The molecule has 0 saturated heterocycles. The van der Waals surface area contributed by atoms with Crippen molar-refractivity contribution in [2.45, 2.75) is 52.2 Å². The number of ether oxygens (including phenoxy) is 2. The lowest BCUT2D eigenvalue weighted by Gasteiger charge is -2.27.